The maximum Gasteiger partial charge on any atom is 0.229 e. The van der Waals surface area contributed by atoms with Crippen LogP contribution in [0.5, 0.6) is 5.75 Å². The minimum Gasteiger partial charge on any atom is -0.490 e. The van der Waals surface area contributed by atoms with Crippen LogP contribution in [-0.4, -0.2) is 39.6 Å². The van der Waals surface area contributed by atoms with E-state index in [4.69, 9.17) is 33.7 Å². The summed E-state index contributed by atoms with van der Waals surface area (Å²) in [4.78, 5) is 15.9. The predicted octanol–water partition coefficient (Wildman–Crippen LogP) is 4.39. The van der Waals surface area contributed by atoms with E-state index >= 15 is 0 Å². The lowest BCUT2D eigenvalue weighted by molar-refractivity contribution is 0.333. The molecule has 0 aliphatic rings. The normalized spacial score (nSPS) is 10.9. The molecule has 8 nitrogen and oxygen atoms in total. The van der Waals surface area contributed by atoms with Crippen molar-refractivity contribution in [1.29, 1.82) is 0 Å². The van der Waals surface area contributed by atoms with Crippen LogP contribution in [-0.2, 0) is 6.42 Å². The number of nitrogens with two attached hydrogens (primary N) is 1. The number of aromatic amines is 1. The fraction of sp³-hybridized carbons (Fsp3) is 0.190. The van der Waals surface area contributed by atoms with Crippen molar-refractivity contribution in [1.82, 2.24) is 19.9 Å². The Morgan fingerprint density at radius 1 is 0.935 bits per heavy atom. The molecule has 0 aliphatic carbocycles. The van der Waals surface area contributed by atoms with Gasteiger partial charge in [-0.15, -0.1) is 0 Å². The van der Waals surface area contributed by atoms with Crippen LogP contribution in [0.1, 0.15) is 5.56 Å². The lowest BCUT2D eigenvalue weighted by Gasteiger charge is -2.11. The van der Waals surface area contributed by atoms with Gasteiger partial charge < -0.3 is 26.1 Å². The zero-order valence-electron chi connectivity index (χ0n) is 16.5. The van der Waals surface area contributed by atoms with Gasteiger partial charge in [-0.1, -0.05) is 47.5 Å². The molecule has 160 valence electrons. The molecule has 0 unspecified atom stereocenters. The number of nitrogens with zero attached hydrogens (tertiary/aromatic N) is 3. The summed E-state index contributed by atoms with van der Waals surface area (Å²) in [6.45, 7) is 1.44. The molecule has 0 saturated carbocycles. The van der Waals surface area contributed by atoms with Crippen molar-refractivity contribution in [2.75, 3.05) is 36.1 Å². The van der Waals surface area contributed by atoms with Crippen molar-refractivity contribution in [2.24, 2.45) is 0 Å². The number of nitrogen functional groups attached to an aromatic ring is 1. The molecule has 2 aromatic carbocycles. The largest absolute Gasteiger partial charge is 0.490 e. The Bertz CT molecular complexity index is 1180. The Hall–Kier alpha value is -3.23. The van der Waals surface area contributed by atoms with Crippen molar-refractivity contribution >= 4 is 51.9 Å². The van der Waals surface area contributed by atoms with Crippen LogP contribution < -0.4 is 21.1 Å². The quantitative estimate of drug-likeness (QED) is 0.275. The first-order valence-corrected chi connectivity index (χ1v) is 10.5. The standard InChI is InChI=1S/C21H21Cl2N7O/c22-15-5-3-7-17(18(15)23)31-11-10-26-21-29-19(24)28-20(30-21)25-9-8-13-12-27-16-6-2-1-4-14(13)16/h1-7,12,27H,8-11H2,(H4,24,25,26,28,29,30). The molecule has 4 aromatic rings. The van der Waals surface area contributed by atoms with E-state index in [1.54, 1.807) is 18.2 Å². The number of nitrogens with one attached hydrogen (secondary N) is 3. The van der Waals surface area contributed by atoms with Crippen molar-refractivity contribution in [3.8, 4) is 5.75 Å². The van der Waals surface area contributed by atoms with Gasteiger partial charge in [-0.25, -0.2) is 0 Å². The first-order chi connectivity index (χ1) is 15.1. The molecule has 0 amide bonds. The molecule has 31 heavy (non-hydrogen) atoms. The Morgan fingerprint density at radius 3 is 2.55 bits per heavy atom. The van der Waals surface area contributed by atoms with E-state index in [0.717, 1.165) is 11.9 Å². The first kappa shape index (κ1) is 21.0. The molecule has 0 saturated heterocycles. The highest BCUT2D eigenvalue weighted by Crippen LogP contribution is 2.31. The highest BCUT2D eigenvalue weighted by molar-refractivity contribution is 6.42. The monoisotopic (exact) mass is 457 g/mol. The second-order valence-corrected chi connectivity index (χ2v) is 7.49. The number of ether oxygens (including phenoxy) is 1. The van der Waals surface area contributed by atoms with Gasteiger partial charge >= 0.3 is 0 Å². The van der Waals surface area contributed by atoms with Crippen LogP contribution in [0.15, 0.2) is 48.7 Å². The molecular formula is C21H21Cl2N7O. The second kappa shape index (κ2) is 9.72. The molecule has 0 fully saturated rings. The van der Waals surface area contributed by atoms with E-state index in [9.17, 15) is 0 Å². The highest BCUT2D eigenvalue weighted by atomic mass is 35.5. The summed E-state index contributed by atoms with van der Waals surface area (Å²) in [5, 5.41) is 8.31. The molecule has 10 heteroatoms. The van der Waals surface area contributed by atoms with Crippen molar-refractivity contribution in [2.45, 2.75) is 6.42 Å². The van der Waals surface area contributed by atoms with E-state index in [1.165, 1.54) is 10.9 Å². The molecule has 2 heterocycles. The van der Waals surface area contributed by atoms with Gasteiger partial charge in [0.15, 0.2) is 0 Å². The summed E-state index contributed by atoms with van der Waals surface area (Å²) in [7, 11) is 0. The van der Waals surface area contributed by atoms with Crippen LogP contribution in [0, 0.1) is 0 Å². The number of halogens is 2. The van der Waals surface area contributed by atoms with Crippen LogP contribution >= 0.6 is 23.2 Å². The summed E-state index contributed by atoms with van der Waals surface area (Å²) < 4.78 is 5.64. The lowest BCUT2D eigenvalue weighted by atomic mass is 10.1. The Kier molecular flexibility index (Phi) is 6.59. The molecule has 5 N–H and O–H groups in total. The fourth-order valence-corrected chi connectivity index (χ4v) is 3.46. The fourth-order valence-electron chi connectivity index (χ4n) is 3.12. The summed E-state index contributed by atoms with van der Waals surface area (Å²) in [6.07, 6.45) is 2.83. The van der Waals surface area contributed by atoms with Crippen LogP contribution in [0.2, 0.25) is 10.0 Å². The molecule has 0 radical (unpaired) electrons. The third-order valence-electron chi connectivity index (χ3n) is 4.56. The predicted molar refractivity (Wildman–Crippen MR) is 125 cm³/mol. The van der Waals surface area contributed by atoms with Crippen molar-refractivity contribution in [3.63, 3.8) is 0 Å². The summed E-state index contributed by atoms with van der Waals surface area (Å²) in [5.41, 5.74) is 8.16. The average Bonchev–Trinajstić information content (AvgIpc) is 3.17. The lowest BCUT2D eigenvalue weighted by Crippen LogP contribution is -2.16. The molecule has 0 atom stereocenters. The second-order valence-electron chi connectivity index (χ2n) is 6.70. The van der Waals surface area contributed by atoms with E-state index in [0.29, 0.717) is 47.4 Å². The van der Waals surface area contributed by atoms with E-state index in [2.05, 4.69) is 42.7 Å². The van der Waals surface area contributed by atoms with Crippen LogP contribution in [0.25, 0.3) is 10.9 Å². The molecule has 2 aromatic heterocycles. The summed E-state index contributed by atoms with van der Waals surface area (Å²) >= 11 is 12.1. The van der Waals surface area contributed by atoms with Gasteiger partial charge in [-0.3, -0.25) is 0 Å². The number of H-pyrrole nitrogens is 1. The third-order valence-corrected chi connectivity index (χ3v) is 5.37. The smallest absolute Gasteiger partial charge is 0.229 e. The zero-order valence-corrected chi connectivity index (χ0v) is 18.0. The highest BCUT2D eigenvalue weighted by Gasteiger charge is 2.07. The van der Waals surface area contributed by atoms with Crippen LogP contribution in [0.3, 0.4) is 0 Å². The SMILES string of the molecule is Nc1nc(NCCOc2cccc(Cl)c2Cl)nc(NCCc2c[nH]c3ccccc23)n1. The van der Waals surface area contributed by atoms with Gasteiger partial charge in [0.1, 0.15) is 17.4 Å². The number of fused-ring (bicyclic) bond motifs is 1. The van der Waals surface area contributed by atoms with E-state index in [1.807, 2.05) is 18.3 Å². The van der Waals surface area contributed by atoms with Gasteiger partial charge in [-0.05, 0) is 30.2 Å². The molecular weight excluding hydrogens is 437 g/mol. The van der Waals surface area contributed by atoms with Gasteiger partial charge in [0.25, 0.3) is 0 Å². The summed E-state index contributed by atoms with van der Waals surface area (Å²) in [5.74, 6) is 1.42. The van der Waals surface area contributed by atoms with Crippen molar-refractivity contribution < 1.29 is 4.74 Å². The minimum atomic E-state index is 0.130. The third kappa shape index (κ3) is 5.28. The Balaban J connectivity index is 1.29. The summed E-state index contributed by atoms with van der Waals surface area (Å²) in [6, 6.07) is 13.4. The molecule has 0 aliphatic heterocycles. The van der Waals surface area contributed by atoms with Gasteiger partial charge in [-0.2, -0.15) is 15.0 Å². The molecule has 0 spiro atoms. The minimum absolute atomic E-state index is 0.130. The maximum atomic E-state index is 6.11. The van der Waals surface area contributed by atoms with Gasteiger partial charge in [0, 0.05) is 23.6 Å². The van der Waals surface area contributed by atoms with Crippen LogP contribution in [0.4, 0.5) is 17.8 Å². The zero-order chi connectivity index (χ0) is 21.6. The average molecular weight is 458 g/mol. The number of para-hydroxylation sites is 1. The van der Waals surface area contributed by atoms with Crippen molar-refractivity contribution in [3.05, 3.63) is 64.3 Å². The van der Waals surface area contributed by atoms with E-state index in [-0.39, 0.29) is 5.95 Å². The molecule has 0 bridgehead atoms. The topological polar surface area (TPSA) is 114 Å². The number of aromatic nitrogens is 4. The Labute approximate surface area is 189 Å². The first-order valence-electron chi connectivity index (χ1n) is 9.71. The van der Waals surface area contributed by atoms with E-state index < -0.39 is 0 Å². The molecule has 4 rings (SSSR count). The maximum absolute atomic E-state index is 6.11. The Morgan fingerprint density at radius 2 is 1.71 bits per heavy atom. The number of benzene rings is 2. The van der Waals surface area contributed by atoms with Gasteiger partial charge in [0.05, 0.1) is 11.6 Å². The number of rotatable bonds is 9. The number of hydrogen-bond donors (Lipinski definition) is 4. The number of hydrogen-bond acceptors (Lipinski definition) is 7. The number of anilines is 3. The van der Waals surface area contributed by atoms with Gasteiger partial charge in [0.2, 0.25) is 17.8 Å².